The predicted octanol–water partition coefficient (Wildman–Crippen LogP) is 1.94. The molecule has 0 bridgehead atoms. The van der Waals surface area contributed by atoms with E-state index in [2.05, 4.69) is 4.72 Å². The Kier molecular flexibility index (Phi) is 5.00. The second-order valence-electron chi connectivity index (χ2n) is 4.56. The Hall–Kier alpha value is -0.630. The Balaban J connectivity index is 3.04. The Morgan fingerprint density at radius 3 is 1.74 bits per heavy atom. The zero-order valence-corrected chi connectivity index (χ0v) is 13.2. The van der Waals surface area contributed by atoms with Gasteiger partial charge in [0.05, 0.1) is 9.79 Å². The predicted molar refractivity (Wildman–Crippen MR) is 74.1 cm³/mol. The van der Waals surface area contributed by atoms with Crippen LogP contribution in [0.2, 0.25) is 0 Å². The van der Waals surface area contributed by atoms with Gasteiger partial charge in [0.15, 0.2) is 0 Å². The highest BCUT2D eigenvalue weighted by molar-refractivity contribution is 8.13. The van der Waals surface area contributed by atoms with E-state index in [4.69, 9.17) is 10.7 Å². The zero-order valence-electron chi connectivity index (χ0n) is 10.8. The van der Waals surface area contributed by atoms with E-state index in [1.807, 2.05) is 13.8 Å². The molecular formula is C11H16ClNO4S2. The van der Waals surface area contributed by atoms with Gasteiger partial charge >= 0.3 is 0 Å². The van der Waals surface area contributed by atoms with Crippen molar-refractivity contribution in [1.82, 2.24) is 4.72 Å². The maximum Gasteiger partial charge on any atom is 0.261 e. The van der Waals surface area contributed by atoms with E-state index in [1.165, 1.54) is 12.1 Å². The zero-order chi connectivity index (χ0) is 14.8. The SMILES string of the molecule is CC(C)C(C)NS(=O)(=O)c1ccc(S(=O)(=O)Cl)cc1. The molecule has 0 spiro atoms. The lowest BCUT2D eigenvalue weighted by atomic mass is 10.1. The first-order chi connectivity index (χ1) is 8.54. The summed E-state index contributed by atoms with van der Waals surface area (Å²) in [5.41, 5.74) is 0. The van der Waals surface area contributed by atoms with Gasteiger partial charge in [-0.3, -0.25) is 0 Å². The molecule has 108 valence electrons. The Morgan fingerprint density at radius 2 is 1.37 bits per heavy atom. The minimum atomic E-state index is -3.84. The monoisotopic (exact) mass is 325 g/mol. The third kappa shape index (κ3) is 4.45. The molecule has 0 aliphatic rings. The summed E-state index contributed by atoms with van der Waals surface area (Å²) in [6, 6.07) is 4.53. The molecule has 1 unspecified atom stereocenters. The summed E-state index contributed by atoms with van der Waals surface area (Å²) in [6.07, 6.45) is 0. The molecule has 1 aromatic carbocycles. The molecule has 8 heteroatoms. The molecule has 0 heterocycles. The molecule has 0 saturated heterocycles. The summed E-state index contributed by atoms with van der Waals surface area (Å²) in [5.74, 6) is 0.150. The Bertz CT molecular complexity index is 636. The van der Waals surface area contributed by atoms with Crippen LogP contribution < -0.4 is 4.72 Å². The van der Waals surface area contributed by atoms with Gasteiger partial charge in [-0.05, 0) is 37.1 Å². The van der Waals surface area contributed by atoms with Gasteiger partial charge in [-0.15, -0.1) is 0 Å². The molecule has 1 aromatic rings. The van der Waals surface area contributed by atoms with E-state index in [9.17, 15) is 16.8 Å². The van der Waals surface area contributed by atoms with Crippen molar-refractivity contribution >= 4 is 29.8 Å². The number of halogens is 1. The van der Waals surface area contributed by atoms with Crippen molar-refractivity contribution in [2.24, 2.45) is 5.92 Å². The number of benzene rings is 1. The van der Waals surface area contributed by atoms with Crippen LogP contribution in [0.25, 0.3) is 0 Å². The van der Waals surface area contributed by atoms with Crippen LogP contribution in [0.4, 0.5) is 0 Å². The molecule has 0 aromatic heterocycles. The number of rotatable bonds is 5. The molecule has 0 radical (unpaired) electrons. The highest BCUT2D eigenvalue weighted by atomic mass is 35.7. The minimum Gasteiger partial charge on any atom is -0.208 e. The second kappa shape index (κ2) is 5.78. The van der Waals surface area contributed by atoms with Gasteiger partial charge < -0.3 is 0 Å². The van der Waals surface area contributed by atoms with E-state index in [-0.39, 0.29) is 21.8 Å². The summed E-state index contributed by atoms with van der Waals surface area (Å²) < 4.78 is 48.7. The van der Waals surface area contributed by atoms with Gasteiger partial charge in [-0.1, -0.05) is 13.8 Å². The molecule has 1 N–H and O–H groups in total. The smallest absolute Gasteiger partial charge is 0.208 e. The van der Waals surface area contributed by atoms with Crippen LogP contribution in [-0.2, 0) is 19.1 Å². The van der Waals surface area contributed by atoms with Crippen molar-refractivity contribution in [3.8, 4) is 0 Å². The second-order valence-corrected chi connectivity index (χ2v) is 8.84. The maximum atomic E-state index is 12.0. The lowest BCUT2D eigenvalue weighted by molar-refractivity contribution is 0.476. The lowest BCUT2D eigenvalue weighted by Crippen LogP contribution is -2.36. The van der Waals surface area contributed by atoms with Crippen molar-refractivity contribution in [1.29, 1.82) is 0 Å². The van der Waals surface area contributed by atoms with Crippen LogP contribution in [0, 0.1) is 5.92 Å². The van der Waals surface area contributed by atoms with Crippen molar-refractivity contribution in [2.45, 2.75) is 36.6 Å². The average molecular weight is 326 g/mol. The van der Waals surface area contributed by atoms with Gasteiger partial charge in [0.25, 0.3) is 9.05 Å². The molecular weight excluding hydrogens is 310 g/mol. The van der Waals surface area contributed by atoms with Crippen molar-refractivity contribution in [3.05, 3.63) is 24.3 Å². The molecule has 0 saturated carbocycles. The normalized spacial score (nSPS) is 14.6. The third-order valence-electron chi connectivity index (χ3n) is 2.76. The number of sulfonamides is 1. The molecule has 0 amide bonds. The first kappa shape index (κ1) is 16.4. The van der Waals surface area contributed by atoms with Gasteiger partial charge in [0.1, 0.15) is 0 Å². The average Bonchev–Trinajstić information content (AvgIpc) is 2.27. The summed E-state index contributed by atoms with van der Waals surface area (Å²) in [4.78, 5) is -0.130. The van der Waals surface area contributed by atoms with Gasteiger partial charge in [-0.2, -0.15) is 0 Å². The summed E-state index contributed by atoms with van der Waals surface area (Å²) in [7, 11) is -2.34. The largest absolute Gasteiger partial charge is 0.261 e. The molecule has 1 atom stereocenters. The van der Waals surface area contributed by atoms with Crippen LogP contribution in [-0.4, -0.2) is 22.9 Å². The van der Waals surface area contributed by atoms with Crippen LogP contribution in [0.15, 0.2) is 34.1 Å². The van der Waals surface area contributed by atoms with E-state index < -0.39 is 19.1 Å². The number of nitrogens with one attached hydrogen (secondary N) is 1. The van der Waals surface area contributed by atoms with E-state index in [1.54, 1.807) is 6.92 Å². The fourth-order valence-electron chi connectivity index (χ4n) is 1.23. The van der Waals surface area contributed by atoms with Crippen LogP contribution >= 0.6 is 10.7 Å². The molecule has 1 rings (SSSR count). The Morgan fingerprint density at radius 1 is 0.947 bits per heavy atom. The lowest BCUT2D eigenvalue weighted by Gasteiger charge is -2.17. The minimum absolute atomic E-state index is 0.00377. The first-order valence-electron chi connectivity index (χ1n) is 5.61. The van der Waals surface area contributed by atoms with Gasteiger partial charge in [-0.25, -0.2) is 21.6 Å². The highest BCUT2D eigenvalue weighted by Gasteiger charge is 2.20. The fourth-order valence-corrected chi connectivity index (χ4v) is 3.39. The summed E-state index contributed by atoms with van der Waals surface area (Å²) in [6.45, 7) is 5.56. The quantitative estimate of drug-likeness (QED) is 0.839. The van der Waals surface area contributed by atoms with Crippen molar-refractivity contribution < 1.29 is 16.8 Å². The summed E-state index contributed by atoms with van der Waals surface area (Å²) >= 11 is 0. The van der Waals surface area contributed by atoms with Crippen LogP contribution in [0.1, 0.15) is 20.8 Å². The van der Waals surface area contributed by atoms with E-state index >= 15 is 0 Å². The highest BCUT2D eigenvalue weighted by Crippen LogP contribution is 2.18. The fraction of sp³-hybridized carbons (Fsp3) is 0.455. The van der Waals surface area contributed by atoms with E-state index in [0.29, 0.717) is 0 Å². The summed E-state index contributed by atoms with van der Waals surface area (Å²) in [5, 5.41) is 0. The third-order valence-corrected chi connectivity index (χ3v) is 5.70. The molecule has 5 nitrogen and oxygen atoms in total. The maximum absolute atomic E-state index is 12.0. The Labute approximate surface area is 118 Å². The van der Waals surface area contributed by atoms with Crippen LogP contribution in [0.3, 0.4) is 0 Å². The first-order valence-corrected chi connectivity index (χ1v) is 9.40. The van der Waals surface area contributed by atoms with Crippen molar-refractivity contribution in [3.63, 3.8) is 0 Å². The molecule has 0 aliphatic heterocycles. The van der Waals surface area contributed by atoms with Gasteiger partial charge in [0, 0.05) is 16.7 Å². The van der Waals surface area contributed by atoms with Crippen LogP contribution in [0.5, 0.6) is 0 Å². The standard InChI is InChI=1S/C11H16ClNO4S2/c1-8(2)9(3)13-19(16,17)11-6-4-10(5-7-11)18(12,14)15/h4-9,13H,1-3H3. The van der Waals surface area contributed by atoms with Gasteiger partial charge in [0.2, 0.25) is 10.0 Å². The number of hydrogen-bond donors (Lipinski definition) is 1. The molecule has 0 fully saturated rings. The topological polar surface area (TPSA) is 80.3 Å². The van der Waals surface area contributed by atoms with Crippen molar-refractivity contribution in [2.75, 3.05) is 0 Å². The van der Waals surface area contributed by atoms with E-state index in [0.717, 1.165) is 12.1 Å². The molecule has 0 aliphatic carbocycles. The molecule has 19 heavy (non-hydrogen) atoms. The number of hydrogen-bond acceptors (Lipinski definition) is 4.